The largest absolute Gasteiger partial charge is 0.481 e. The summed E-state index contributed by atoms with van der Waals surface area (Å²) < 4.78 is 1.68. The fourth-order valence-corrected chi connectivity index (χ4v) is 1.57. The minimum absolute atomic E-state index is 0.127. The van der Waals surface area contributed by atoms with Crippen molar-refractivity contribution in [3.8, 4) is 0 Å². The second kappa shape index (κ2) is 3.31. The molecule has 0 aliphatic rings. The number of imidazole rings is 1. The molecular formula is C9H7ClN2O2. The Hall–Kier alpha value is -1.55. The molecule has 5 heteroatoms. The lowest BCUT2D eigenvalue weighted by molar-refractivity contribution is -0.136. The van der Waals surface area contributed by atoms with Gasteiger partial charge in [0.05, 0.1) is 5.52 Å². The van der Waals surface area contributed by atoms with E-state index in [1.165, 1.54) is 0 Å². The number of aromatic nitrogens is 2. The SMILES string of the molecule is O=C(O)Cc1nc(Cl)c2ccccn12. The number of hydrogen-bond acceptors (Lipinski definition) is 2. The molecule has 2 aromatic heterocycles. The number of pyridine rings is 1. The van der Waals surface area contributed by atoms with Crippen molar-refractivity contribution in [1.29, 1.82) is 0 Å². The zero-order chi connectivity index (χ0) is 10.1. The van der Waals surface area contributed by atoms with Gasteiger partial charge in [-0.25, -0.2) is 4.98 Å². The predicted octanol–water partition coefficient (Wildman–Crippen LogP) is 1.61. The van der Waals surface area contributed by atoms with Gasteiger partial charge in [0.1, 0.15) is 12.2 Å². The van der Waals surface area contributed by atoms with Crippen LogP contribution in [-0.4, -0.2) is 20.5 Å². The Kier molecular flexibility index (Phi) is 2.13. The van der Waals surface area contributed by atoms with Crippen LogP contribution in [0.3, 0.4) is 0 Å². The maximum atomic E-state index is 10.5. The number of fused-ring (bicyclic) bond motifs is 1. The van der Waals surface area contributed by atoms with Crippen LogP contribution in [0.1, 0.15) is 5.82 Å². The van der Waals surface area contributed by atoms with E-state index in [4.69, 9.17) is 16.7 Å². The van der Waals surface area contributed by atoms with Crippen LogP contribution < -0.4 is 0 Å². The lowest BCUT2D eigenvalue weighted by Gasteiger charge is -1.96. The maximum absolute atomic E-state index is 10.5. The van der Waals surface area contributed by atoms with Gasteiger partial charge in [0.15, 0.2) is 5.15 Å². The summed E-state index contributed by atoms with van der Waals surface area (Å²) in [5.41, 5.74) is 0.727. The molecule has 0 aromatic carbocycles. The lowest BCUT2D eigenvalue weighted by atomic mass is 10.4. The molecule has 0 aliphatic carbocycles. The van der Waals surface area contributed by atoms with E-state index in [0.29, 0.717) is 11.0 Å². The maximum Gasteiger partial charge on any atom is 0.311 e. The summed E-state index contributed by atoms with van der Waals surface area (Å²) in [5, 5.41) is 8.97. The van der Waals surface area contributed by atoms with Crippen molar-refractivity contribution in [2.45, 2.75) is 6.42 Å². The number of aliphatic carboxylic acids is 1. The summed E-state index contributed by atoms with van der Waals surface area (Å²) in [6.07, 6.45) is 1.62. The van der Waals surface area contributed by atoms with E-state index in [9.17, 15) is 4.79 Å². The molecule has 72 valence electrons. The van der Waals surface area contributed by atoms with Gasteiger partial charge in [0.25, 0.3) is 0 Å². The van der Waals surface area contributed by atoms with Crippen molar-refractivity contribution in [3.63, 3.8) is 0 Å². The average molecular weight is 211 g/mol. The third kappa shape index (κ3) is 1.44. The summed E-state index contributed by atoms with van der Waals surface area (Å²) in [6, 6.07) is 5.42. The Morgan fingerprint density at radius 1 is 1.57 bits per heavy atom. The number of hydrogen-bond donors (Lipinski definition) is 1. The number of carboxylic acid groups (broad SMARTS) is 1. The third-order valence-corrected chi connectivity index (χ3v) is 2.16. The molecule has 0 amide bonds. The highest BCUT2D eigenvalue weighted by Gasteiger charge is 2.10. The molecule has 0 saturated carbocycles. The second-order valence-corrected chi connectivity index (χ2v) is 3.20. The smallest absolute Gasteiger partial charge is 0.311 e. The topological polar surface area (TPSA) is 54.6 Å². The molecular weight excluding hydrogens is 204 g/mol. The van der Waals surface area contributed by atoms with Gasteiger partial charge in [-0.3, -0.25) is 4.79 Å². The normalized spacial score (nSPS) is 10.6. The quantitative estimate of drug-likeness (QED) is 0.820. The standard InChI is InChI=1S/C9H7ClN2O2/c10-9-6-3-1-2-4-12(6)7(11-9)5-8(13)14/h1-4H,5H2,(H,13,14). The Morgan fingerprint density at radius 2 is 2.36 bits per heavy atom. The average Bonchev–Trinajstić information content (AvgIpc) is 2.44. The van der Waals surface area contributed by atoms with Crippen molar-refractivity contribution in [1.82, 2.24) is 9.38 Å². The number of carbonyl (C=O) groups is 1. The molecule has 0 spiro atoms. The molecule has 1 N–H and O–H groups in total. The highest BCUT2D eigenvalue weighted by molar-refractivity contribution is 6.32. The van der Waals surface area contributed by atoms with Crippen molar-refractivity contribution < 1.29 is 9.90 Å². The molecule has 2 aromatic rings. The van der Waals surface area contributed by atoms with Gasteiger partial charge < -0.3 is 9.51 Å². The number of nitrogens with zero attached hydrogens (tertiary/aromatic N) is 2. The molecule has 0 aliphatic heterocycles. The Balaban J connectivity index is 2.60. The molecule has 0 saturated heterocycles. The van der Waals surface area contributed by atoms with Crippen molar-refractivity contribution in [3.05, 3.63) is 35.4 Å². The molecule has 2 rings (SSSR count). The Labute approximate surface area is 84.8 Å². The van der Waals surface area contributed by atoms with E-state index in [2.05, 4.69) is 4.98 Å². The van der Waals surface area contributed by atoms with E-state index >= 15 is 0 Å². The molecule has 4 nitrogen and oxygen atoms in total. The van der Waals surface area contributed by atoms with Crippen LogP contribution in [0.2, 0.25) is 5.15 Å². The van der Waals surface area contributed by atoms with Crippen molar-refractivity contribution >= 4 is 23.1 Å². The first-order chi connectivity index (χ1) is 6.68. The lowest BCUT2D eigenvalue weighted by Crippen LogP contribution is -2.04. The van der Waals surface area contributed by atoms with Crippen molar-refractivity contribution in [2.24, 2.45) is 0 Å². The first kappa shape index (κ1) is 9.02. The Morgan fingerprint density at radius 3 is 3.07 bits per heavy atom. The monoisotopic (exact) mass is 210 g/mol. The van der Waals surface area contributed by atoms with E-state index in [1.807, 2.05) is 6.07 Å². The van der Waals surface area contributed by atoms with Crippen LogP contribution in [0.25, 0.3) is 5.52 Å². The molecule has 0 fully saturated rings. The van der Waals surface area contributed by atoms with Crippen LogP contribution in [-0.2, 0) is 11.2 Å². The number of rotatable bonds is 2. The summed E-state index contributed by atoms with van der Waals surface area (Å²) in [4.78, 5) is 14.5. The second-order valence-electron chi connectivity index (χ2n) is 2.85. The molecule has 0 atom stereocenters. The van der Waals surface area contributed by atoms with Gasteiger partial charge in [0, 0.05) is 6.20 Å². The van der Waals surface area contributed by atoms with E-state index in [1.54, 1.807) is 22.7 Å². The molecule has 0 bridgehead atoms. The van der Waals surface area contributed by atoms with E-state index < -0.39 is 5.97 Å². The molecule has 0 unspecified atom stereocenters. The van der Waals surface area contributed by atoms with Gasteiger partial charge in [-0.1, -0.05) is 17.7 Å². The summed E-state index contributed by atoms with van der Waals surface area (Å²) in [5.74, 6) is -0.476. The number of carboxylic acids is 1. The fourth-order valence-electron chi connectivity index (χ4n) is 1.32. The predicted molar refractivity (Wildman–Crippen MR) is 51.5 cm³/mol. The van der Waals surface area contributed by atoms with Gasteiger partial charge >= 0.3 is 5.97 Å². The molecule has 14 heavy (non-hydrogen) atoms. The van der Waals surface area contributed by atoms with E-state index in [-0.39, 0.29) is 6.42 Å². The highest BCUT2D eigenvalue weighted by Crippen LogP contribution is 2.17. The zero-order valence-corrected chi connectivity index (χ0v) is 7.90. The Bertz CT molecular complexity index is 493. The van der Waals surface area contributed by atoms with Gasteiger partial charge in [0.2, 0.25) is 0 Å². The summed E-state index contributed by atoms with van der Waals surface area (Å²) in [6.45, 7) is 0. The van der Waals surface area contributed by atoms with E-state index in [0.717, 1.165) is 5.52 Å². The first-order valence-corrected chi connectivity index (χ1v) is 4.39. The fraction of sp³-hybridized carbons (Fsp3) is 0.111. The first-order valence-electron chi connectivity index (χ1n) is 4.02. The van der Waals surface area contributed by atoms with Crippen LogP contribution in [0.4, 0.5) is 0 Å². The molecule has 0 radical (unpaired) electrons. The number of halogens is 1. The minimum atomic E-state index is -0.919. The van der Waals surface area contributed by atoms with Crippen LogP contribution >= 0.6 is 11.6 Å². The van der Waals surface area contributed by atoms with Gasteiger partial charge in [-0.2, -0.15) is 0 Å². The van der Waals surface area contributed by atoms with Crippen LogP contribution in [0.15, 0.2) is 24.4 Å². The van der Waals surface area contributed by atoms with Gasteiger partial charge in [-0.15, -0.1) is 0 Å². The van der Waals surface area contributed by atoms with Crippen molar-refractivity contribution in [2.75, 3.05) is 0 Å². The molecule has 2 heterocycles. The van der Waals surface area contributed by atoms with Gasteiger partial charge in [-0.05, 0) is 12.1 Å². The summed E-state index contributed by atoms with van der Waals surface area (Å²) >= 11 is 5.84. The highest BCUT2D eigenvalue weighted by atomic mass is 35.5. The zero-order valence-electron chi connectivity index (χ0n) is 7.14. The third-order valence-electron chi connectivity index (χ3n) is 1.89. The minimum Gasteiger partial charge on any atom is -0.481 e. The van der Waals surface area contributed by atoms with Crippen LogP contribution in [0.5, 0.6) is 0 Å². The van der Waals surface area contributed by atoms with Crippen LogP contribution in [0, 0.1) is 0 Å². The summed E-state index contributed by atoms with van der Waals surface area (Å²) in [7, 11) is 0.